The molecule has 0 aliphatic heterocycles. The minimum absolute atomic E-state index is 0.0612. The molecule has 0 saturated carbocycles. The third-order valence-corrected chi connectivity index (χ3v) is 3.04. The molecule has 3 rings (SSSR count). The Bertz CT molecular complexity index is 885. The molecule has 1 aromatic carbocycles. The van der Waals surface area contributed by atoms with Gasteiger partial charge in [0.2, 0.25) is 0 Å². The highest BCUT2D eigenvalue weighted by Crippen LogP contribution is 2.23. The van der Waals surface area contributed by atoms with Crippen LogP contribution in [0.4, 0.5) is 5.69 Å². The van der Waals surface area contributed by atoms with E-state index in [0.717, 1.165) is 0 Å². The van der Waals surface area contributed by atoms with Crippen LogP contribution >= 0.6 is 0 Å². The van der Waals surface area contributed by atoms with Crippen LogP contribution in [-0.4, -0.2) is 34.3 Å². The second kappa shape index (κ2) is 6.24. The summed E-state index contributed by atoms with van der Waals surface area (Å²) in [4.78, 5) is 23.3. The van der Waals surface area contributed by atoms with Crippen LogP contribution in [-0.2, 0) is 0 Å². The molecule has 0 saturated heterocycles. The molecule has 9 nitrogen and oxygen atoms in total. The van der Waals surface area contributed by atoms with E-state index in [-0.39, 0.29) is 28.8 Å². The Morgan fingerprint density at radius 3 is 2.75 bits per heavy atom. The Morgan fingerprint density at radius 1 is 1.25 bits per heavy atom. The lowest BCUT2D eigenvalue weighted by atomic mass is 10.1. The SMILES string of the molecule is COc1ccc(NC(=O)c2nnc(-c3ccco3)o2)cc1C(=O)O. The van der Waals surface area contributed by atoms with E-state index in [1.54, 1.807) is 12.1 Å². The Labute approximate surface area is 134 Å². The number of carbonyl (C=O) groups is 2. The van der Waals surface area contributed by atoms with Gasteiger partial charge in [0, 0.05) is 5.69 Å². The first-order chi connectivity index (χ1) is 11.6. The largest absolute Gasteiger partial charge is 0.496 e. The summed E-state index contributed by atoms with van der Waals surface area (Å²) in [7, 11) is 1.36. The fourth-order valence-corrected chi connectivity index (χ4v) is 1.95. The summed E-state index contributed by atoms with van der Waals surface area (Å²) in [6, 6.07) is 7.44. The molecule has 24 heavy (non-hydrogen) atoms. The lowest BCUT2D eigenvalue weighted by Crippen LogP contribution is -2.13. The third-order valence-electron chi connectivity index (χ3n) is 3.04. The van der Waals surface area contributed by atoms with Crippen molar-refractivity contribution in [1.29, 1.82) is 0 Å². The zero-order chi connectivity index (χ0) is 17.1. The summed E-state index contributed by atoms with van der Waals surface area (Å²) in [6.45, 7) is 0. The van der Waals surface area contributed by atoms with Crippen molar-refractivity contribution in [2.75, 3.05) is 12.4 Å². The number of aromatic carboxylic acids is 1. The van der Waals surface area contributed by atoms with Gasteiger partial charge >= 0.3 is 17.8 Å². The van der Waals surface area contributed by atoms with Gasteiger partial charge in [-0.15, -0.1) is 10.2 Å². The summed E-state index contributed by atoms with van der Waals surface area (Å²) >= 11 is 0. The van der Waals surface area contributed by atoms with Gasteiger partial charge in [-0.1, -0.05) is 0 Å². The fraction of sp³-hybridized carbons (Fsp3) is 0.0667. The minimum Gasteiger partial charge on any atom is -0.496 e. The van der Waals surface area contributed by atoms with Crippen molar-refractivity contribution in [1.82, 2.24) is 10.2 Å². The number of rotatable bonds is 5. The summed E-state index contributed by atoms with van der Waals surface area (Å²) < 4.78 is 15.3. The Morgan fingerprint density at radius 2 is 2.08 bits per heavy atom. The topological polar surface area (TPSA) is 128 Å². The van der Waals surface area contributed by atoms with Gasteiger partial charge in [0.15, 0.2) is 5.76 Å². The number of hydrogen-bond donors (Lipinski definition) is 2. The molecule has 2 heterocycles. The van der Waals surface area contributed by atoms with Crippen molar-refractivity contribution < 1.29 is 28.3 Å². The van der Waals surface area contributed by atoms with Gasteiger partial charge in [0.05, 0.1) is 13.4 Å². The van der Waals surface area contributed by atoms with Gasteiger partial charge in [0.25, 0.3) is 5.89 Å². The van der Waals surface area contributed by atoms with Gasteiger partial charge in [0.1, 0.15) is 11.3 Å². The number of aromatic nitrogens is 2. The number of ether oxygens (including phenoxy) is 1. The molecule has 0 unspecified atom stereocenters. The van der Waals surface area contributed by atoms with Crippen molar-refractivity contribution in [2.45, 2.75) is 0 Å². The van der Waals surface area contributed by atoms with Crippen molar-refractivity contribution >= 4 is 17.6 Å². The van der Waals surface area contributed by atoms with E-state index >= 15 is 0 Å². The van der Waals surface area contributed by atoms with Crippen LogP contribution in [0.1, 0.15) is 21.0 Å². The number of carboxylic acids is 1. The molecular formula is C15H11N3O6. The molecule has 0 aliphatic rings. The van der Waals surface area contributed by atoms with E-state index in [0.29, 0.717) is 5.76 Å². The van der Waals surface area contributed by atoms with E-state index in [1.807, 2.05) is 0 Å². The average molecular weight is 329 g/mol. The number of benzene rings is 1. The van der Waals surface area contributed by atoms with Crippen molar-refractivity contribution in [3.63, 3.8) is 0 Å². The van der Waals surface area contributed by atoms with Crippen molar-refractivity contribution in [3.8, 4) is 17.4 Å². The van der Waals surface area contributed by atoms with Gasteiger partial charge in [-0.25, -0.2) is 4.79 Å². The molecule has 2 N–H and O–H groups in total. The number of furan rings is 1. The van der Waals surface area contributed by atoms with Crippen molar-refractivity contribution in [3.05, 3.63) is 48.0 Å². The van der Waals surface area contributed by atoms with Crippen LogP contribution in [0.15, 0.2) is 45.4 Å². The first-order valence-electron chi connectivity index (χ1n) is 6.68. The molecule has 3 aromatic rings. The van der Waals surface area contributed by atoms with Gasteiger partial charge in [-0.3, -0.25) is 4.79 Å². The Balaban J connectivity index is 1.80. The van der Waals surface area contributed by atoms with E-state index in [2.05, 4.69) is 15.5 Å². The maximum Gasteiger partial charge on any atom is 0.339 e. The summed E-state index contributed by atoms with van der Waals surface area (Å²) in [5.74, 6) is -1.57. The molecule has 9 heteroatoms. The lowest BCUT2D eigenvalue weighted by molar-refractivity contribution is 0.0693. The zero-order valence-corrected chi connectivity index (χ0v) is 12.3. The summed E-state index contributed by atoms with van der Waals surface area (Å²) in [5, 5.41) is 19.0. The van der Waals surface area contributed by atoms with Gasteiger partial charge in [-0.05, 0) is 30.3 Å². The smallest absolute Gasteiger partial charge is 0.339 e. The van der Waals surface area contributed by atoms with E-state index in [9.17, 15) is 9.59 Å². The quantitative estimate of drug-likeness (QED) is 0.729. The second-order valence-corrected chi connectivity index (χ2v) is 4.56. The molecule has 0 radical (unpaired) electrons. The van der Waals surface area contributed by atoms with Crippen LogP contribution in [0.2, 0.25) is 0 Å². The Hall–Kier alpha value is -3.62. The molecular weight excluding hydrogens is 318 g/mol. The number of nitrogens with one attached hydrogen (secondary N) is 1. The normalized spacial score (nSPS) is 10.4. The van der Waals surface area contributed by atoms with Crippen LogP contribution in [0.25, 0.3) is 11.7 Å². The van der Waals surface area contributed by atoms with Crippen LogP contribution in [0.5, 0.6) is 5.75 Å². The van der Waals surface area contributed by atoms with Gasteiger partial charge in [-0.2, -0.15) is 0 Å². The van der Waals surface area contributed by atoms with Crippen molar-refractivity contribution in [2.24, 2.45) is 0 Å². The average Bonchev–Trinajstić information content (AvgIpc) is 3.25. The maximum absolute atomic E-state index is 12.1. The first-order valence-corrected chi connectivity index (χ1v) is 6.68. The molecule has 1 amide bonds. The molecule has 0 spiro atoms. The predicted octanol–water partition coefficient (Wildman–Crippen LogP) is 2.29. The van der Waals surface area contributed by atoms with E-state index in [4.69, 9.17) is 18.7 Å². The number of carbonyl (C=O) groups excluding carboxylic acids is 1. The monoisotopic (exact) mass is 329 g/mol. The van der Waals surface area contributed by atoms with Crippen LogP contribution in [0.3, 0.4) is 0 Å². The summed E-state index contributed by atoms with van der Waals surface area (Å²) in [5.41, 5.74) is 0.160. The molecule has 2 aromatic heterocycles. The highest BCUT2D eigenvalue weighted by atomic mass is 16.5. The molecule has 122 valence electrons. The number of carboxylic acid groups (broad SMARTS) is 1. The standard InChI is InChI=1S/C15H11N3O6/c1-22-10-5-4-8(7-9(10)15(20)21)16-12(19)14-18-17-13(24-14)11-3-2-6-23-11/h2-7H,1H3,(H,16,19)(H,20,21). The first kappa shape index (κ1) is 15.3. The number of amides is 1. The fourth-order valence-electron chi connectivity index (χ4n) is 1.95. The molecule has 0 fully saturated rings. The van der Waals surface area contributed by atoms with Crippen LogP contribution < -0.4 is 10.1 Å². The van der Waals surface area contributed by atoms with E-state index < -0.39 is 11.9 Å². The second-order valence-electron chi connectivity index (χ2n) is 4.56. The van der Waals surface area contributed by atoms with Crippen LogP contribution in [0, 0.1) is 0 Å². The van der Waals surface area contributed by atoms with E-state index in [1.165, 1.54) is 31.6 Å². The third kappa shape index (κ3) is 2.95. The zero-order valence-electron chi connectivity index (χ0n) is 12.3. The minimum atomic E-state index is -1.18. The number of methoxy groups -OCH3 is 1. The van der Waals surface area contributed by atoms with Gasteiger partial charge < -0.3 is 24.0 Å². The maximum atomic E-state index is 12.1. The highest BCUT2D eigenvalue weighted by Gasteiger charge is 2.19. The Kier molecular flexibility index (Phi) is 3.98. The molecule has 0 atom stereocenters. The number of nitrogens with zero attached hydrogens (tertiary/aromatic N) is 2. The number of hydrogen-bond acceptors (Lipinski definition) is 7. The molecule has 0 bridgehead atoms. The summed E-state index contributed by atoms with van der Waals surface area (Å²) in [6.07, 6.45) is 1.43. The molecule has 0 aliphatic carbocycles. The lowest BCUT2D eigenvalue weighted by Gasteiger charge is -2.07. The predicted molar refractivity (Wildman–Crippen MR) is 79.9 cm³/mol. The number of anilines is 1. The highest BCUT2D eigenvalue weighted by molar-refractivity contribution is 6.02.